The summed E-state index contributed by atoms with van der Waals surface area (Å²) in [7, 11) is 0. The van der Waals surface area contributed by atoms with Gasteiger partial charge in [0.05, 0.1) is 16.6 Å². The highest BCUT2D eigenvalue weighted by Crippen LogP contribution is 2.32. The Morgan fingerprint density at radius 2 is 1.87 bits per heavy atom. The Morgan fingerprint density at radius 1 is 1.06 bits per heavy atom. The highest BCUT2D eigenvalue weighted by atomic mass is 16.5. The predicted molar refractivity (Wildman–Crippen MR) is 117 cm³/mol. The molecule has 1 aliphatic rings. The average molecular weight is 418 g/mol. The number of carbonyl (C=O) groups excluding carboxylic acids is 2. The maximum absolute atomic E-state index is 12.5. The number of benzene rings is 2. The first-order chi connectivity index (χ1) is 15.0. The molecule has 5 rings (SSSR count). The lowest BCUT2D eigenvalue weighted by Gasteiger charge is -2.18. The fourth-order valence-electron chi connectivity index (χ4n) is 4.24. The number of aryl methyl sites for hydroxylation is 1. The Morgan fingerprint density at radius 3 is 2.74 bits per heavy atom. The molecule has 1 aliphatic carbocycles. The highest BCUT2D eigenvalue weighted by molar-refractivity contribution is 5.99. The van der Waals surface area contributed by atoms with E-state index in [9.17, 15) is 14.4 Å². The molecule has 4 N–H and O–H groups in total. The number of aromatic amines is 3. The van der Waals surface area contributed by atoms with E-state index in [1.807, 2.05) is 12.1 Å². The average Bonchev–Trinajstić information content (AvgIpc) is 3.30. The van der Waals surface area contributed by atoms with Crippen molar-refractivity contribution in [3.63, 3.8) is 0 Å². The summed E-state index contributed by atoms with van der Waals surface area (Å²) in [5.41, 5.74) is 5.38. The van der Waals surface area contributed by atoms with Crippen LogP contribution in [0.2, 0.25) is 0 Å². The third kappa shape index (κ3) is 3.72. The van der Waals surface area contributed by atoms with Crippen LogP contribution in [0.4, 0.5) is 5.69 Å². The quantitative estimate of drug-likeness (QED) is 0.380. The van der Waals surface area contributed by atoms with Crippen molar-refractivity contribution in [3.05, 3.63) is 63.7 Å². The minimum atomic E-state index is -0.540. The van der Waals surface area contributed by atoms with Gasteiger partial charge in [0.25, 0.3) is 5.91 Å². The van der Waals surface area contributed by atoms with Gasteiger partial charge in [0.15, 0.2) is 6.61 Å². The molecule has 0 fully saturated rings. The summed E-state index contributed by atoms with van der Waals surface area (Å²) in [6.45, 7) is 1.84. The molecule has 0 bridgehead atoms. The minimum Gasteiger partial charge on any atom is -0.452 e. The summed E-state index contributed by atoms with van der Waals surface area (Å²) >= 11 is 0. The van der Waals surface area contributed by atoms with E-state index in [-0.39, 0.29) is 5.69 Å². The smallest absolute Gasteiger partial charge is 0.338 e. The molecule has 0 spiro atoms. The minimum absolute atomic E-state index is 0.317. The number of rotatable bonds is 4. The van der Waals surface area contributed by atoms with Crippen LogP contribution in [0.1, 0.15) is 35.0 Å². The van der Waals surface area contributed by atoms with Crippen LogP contribution in [-0.4, -0.2) is 33.4 Å². The van der Waals surface area contributed by atoms with Crippen LogP contribution >= 0.6 is 0 Å². The molecule has 0 saturated carbocycles. The van der Waals surface area contributed by atoms with Crippen molar-refractivity contribution >= 4 is 39.5 Å². The molecule has 1 atom stereocenters. The monoisotopic (exact) mass is 418 g/mol. The largest absolute Gasteiger partial charge is 0.452 e. The Kier molecular flexibility index (Phi) is 4.62. The summed E-state index contributed by atoms with van der Waals surface area (Å²) in [6, 6.07) is 10.4. The molecule has 4 aromatic rings. The van der Waals surface area contributed by atoms with Crippen LogP contribution in [0.5, 0.6) is 0 Å². The van der Waals surface area contributed by atoms with Gasteiger partial charge < -0.3 is 25.0 Å². The van der Waals surface area contributed by atoms with Gasteiger partial charge >= 0.3 is 11.7 Å². The second kappa shape index (κ2) is 7.46. The van der Waals surface area contributed by atoms with E-state index in [0.29, 0.717) is 28.2 Å². The first-order valence-electron chi connectivity index (χ1n) is 10.3. The second-order valence-electron chi connectivity index (χ2n) is 8.15. The number of ether oxygens (including phenoxy) is 1. The number of hydrogen-bond acceptors (Lipinski definition) is 4. The number of hydrogen-bond donors (Lipinski definition) is 4. The molecule has 2 aromatic carbocycles. The normalized spacial score (nSPS) is 15.7. The van der Waals surface area contributed by atoms with Crippen LogP contribution in [0, 0.1) is 5.92 Å². The zero-order valence-electron chi connectivity index (χ0n) is 17.0. The van der Waals surface area contributed by atoms with Gasteiger partial charge in [-0.3, -0.25) is 4.79 Å². The Balaban J connectivity index is 1.26. The fraction of sp³-hybridized carbons (Fsp3) is 0.261. The van der Waals surface area contributed by atoms with Crippen molar-refractivity contribution in [2.75, 3.05) is 11.9 Å². The van der Waals surface area contributed by atoms with Crippen molar-refractivity contribution in [3.8, 4) is 0 Å². The number of nitrogens with one attached hydrogen (secondary N) is 4. The fourth-order valence-corrected chi connectivity index (χ4v) is 4.24. The Hall–Kier alpha value is -3.81. The Bertz CT molecular complexity index is 1380. The number of carbonyl (C=O) groups is 2. The number of imidazole rings is 1. The van der Waals surface area contributed by atoms with E-state index in [0.717, 1.165) is 30.2 Å². The molecule has 158 valence electrons. The maximum atomic E-state index is 12.5. The summed E-state index contributed by atoms with van der Waals surface area (Å²) < 4.78 is 5.22. The number of esters is 1. The number of amides is 1. The van der Waals surface area contributed by atoms with E-state index in [1.165, 1.54) is 11.3 Å². The van der Waals surface area contributed by atoms with Crippen molar-refractivity contribution < 1.29 is 14.3 Å². The molecule has 8 heteroatoms. The van der Waals surface area contributed by atoms with Crippen molar-refractivity contribution in [1.29, 1.82) is 0 Å². The molecule has 2 heterocycles. The zero-order valence-corrected chi connectivity index (χ0v) is 17.0. The Labute approximate surface area is 177 Å². The number of fused-ring (bicyclic) bond motifs is 4. The van der Waals surface area contributed by atoms with Gasteiger partial charge in [-0.15, -0.1) is 0 Å². The standard InChI is InChI=1S/C23H22N4O4/c1-12-2-5-17-15(8-12)16-9-13(3-6-18(16)25-17)22(29)31-11-21(28)24-14-4-7-19-20(10-14)27-23(30)26-19/h3-4,6-7,9-10,12,25H,2,5,8,11H2,1H3,(H,24,28)(H2,26,27,30). The molecule has 31 heavy (non-hydrogen) atoms. The molecule has 1 unspecified atom stereocenters. The summed E-state index contributed by atoms with van der Waals surface area (Å²) in [6.07, 6.45) is 3.18. The zero-order chi connectivity index (χ0) is 21.5. The topological polar surface area (TPSA) is 120 Å². The first kappa shape index (κ1) is 19.2. The van der Waals surface area contributed by atoms with Gasteiger partial charge in [0.2, 0.25) is 0 Å². The van der Waals surface area contributed by atoms with Gasteiger partial charge in [-0.1, -0.05) is 6.92 Å². The lowest BCUT2D eigenvalue weighted by molar-refractivity contribution is -0.119. The van der Waals surface area contributed by atoms with Crippen molar-refractivity contribution in [2.45, 2.75) is 26.2 Å². The highest BCUT2D eigenvalue weighted by Gasteiger charge is 2.21. The van der Waals surface area contributed by atoms with Gasteiger partial charge in [-0.25, -0.2) is 9.59 Å². The lowest BCUT2D eigenvalue weighted by atomic mass is 9.87. The first-order valence-corrected chi connectivity index (χ1v) is 10.3. The number of anilines is 1. The van der Waals surface area contributed by atoms with E-state index in [4.69, 9.17) is 4.74 Å². The third-order valence-electron chi connectivity index (χ3n) is 5.80. The van der Waals surface area contributed by atoms with Gasteiger partial charge in [0, 0.05) is 22.3 Å². The molecule has 0 saturated heterocycles. The van der Waals surface area contributed by atoms with Crippen LogP contribution in [-0.2, 0) is 22.4 Å². The second-order valence-corrected chi connectivity index (χ2v) is 8.15. The molecule has 1 amide bonds. The SMILES string of the molecule is CC1CCc2[nH]c3ccc(C(=O)OCC(=O)Nc4ccc5[nH]c(=O)[nH]c5c4)cc3c2C1. The predicted octanol–water partition coefficient (Wildman–Crippen LogP) is 3.26. The molecular formula is C23H22N4O4. The van der Waals surface area contributed by atoms with E-state index < -0.39 is 18.5 Å². The third-order valence-corrected chi connectivity index (χ3v) is 5.80. The van der Waals surface area contributed by atoms with Crippen LogP contribution < -0.4 is 11.0 Å². The molecule has 0 radical (unpaired) electrons. The molecular weight excluding hydrogens is 396 g/mol. The van der Waals surface area contributed by atoms with E-state index in [2.05, 4.69) is 27.2 Å². The van der Waals surface area contributed by atoms with Crippen LogP contribution in [0.3, 0.4) is 0 Å². The summed E-state index contributed by atoms with van der Waals surface area (Å²) in [4.78, 5) is 44.8. The molecule has 2 aromatic heterocycles. The molecule has 8 nitrogen and oxygen atoms in total. The van der Waals surface area contributed by atoms with Crippen molar-refractivity contribution in [1.82, 2.24) is 15.0 Å². The summed E-state index contributed by atoms with van der Waals surface area (Å²) in [5.74, 6) is -0.380. The van der Waals surface area contributed by atoms with Crippen molar-refractivity contribution in [2.24, 2.45) is 5.92 Å². The van der Waals surface area contributed by atoms with Crippen LogP contribution in [0.25, 0.3) is 21.9 Å². The number of H-pyrrole nitrogens is 3. The van der Waals surface area contributed by atoms with E-state index >= 15 is 0 Å². The van der Waals surface area contributed by atoms with Crippen LogP contribution in [0.15, 0.2) is 41.2 Å². The summed E-state index contributed by atoms with van der Waals surface area (Å²) in [5, 5.41) is 3.71. The maximum Gasteiger partial charge on any atom is 0.338 e. The van der Waals surface area contributed by atoms with Gasteiger partial charge in [0.1, 0.15) is 0 Å². The van der Waals surface area contributed by atoms with Gasteiger partial charge in [-0.05, 0) is 67.1 Å². The van der Waals surface area contributed by atoms with E-state index in [1.54, 1.807) is 24.3 Å². The number of aromatic nitrogens is 3. The molecule has 0 aliphatic heterocycles. The lowest BCUT2D eigenvalue weighted by Crippen LogP contribution is -2.20. The van der Waals surface area contributed by atoms with Gasteiger partial charge in [-0.2, -0.15) is 0 Å².